The number of aromatic nitrogens is 3. The van der Waals surface area contributed by atoms with Crippen LogP contribution in [0.1, 0.15) is 5.56 Å². The van der Waals surface area contributed by atoms with Crippen LogP contribution in [0.2, 0.25) is 0 Å². The molecular weight excluding hydrogens is 340 g/mol. The van der Waals surface area contributed by atoms with E-state index in [1.165, 1.54) is 23.0 Å². The molecule has 0 aliphatic carbocycles. The lowest BCUT2D eigenvalue weighted by molar-refractivity contribution is 0.601. The van der Waals surface area contributed by atoms with E-state index in [1.807, 2.05) is 0 Å². The molecule has 3 rings (SSSR count). The molecular formula is C17H14N4O3S. The Hall–Kier alpha value is -3.18. The summed E-state index contributed by atoms with van der Waals surface area (Å²) in [5, 5.41) is 11.5. The maximum Gasteiger partial charge on any atom is 0.280 e. The summed E-state index contributed by atoms with van der Waals surface area (Å²) in [6, 6.07) is 12.1. The van der Waals surface area contributed by atoms with E-state index in [4.69, 9.17) is 5.26 Å². The topological polar surface area (TPSA) is 109 Å². The van der Waals surface area contributed by atoms with Gasteiger partial charge in [-0.3, -0.25) is 9.89 Å². The SMILES string of the molecule is CS(=O)(=O)c1ccc(-n2[nH]cc(-c3ccc(CC#N)cc3)c2=O)nc1. The van der Waals surface area contributed by atoms with Crippen LogP contribution in [0.4, 0.5) is 0 Å². The zero-order valence-electron chi connectivity index (χ0n) is 13.3. The van der Waals surface area contributed by atoms with Gasteiger partial charge in [-0.1, -0.05) is 24.3 Å². The molecule has 0 bridgehead atoms. The summed E-state index contributed by atoms with van der Waals surface area (Å²) in [6.07, 6.45) is 4.19. The number of H-pyrrole nitrogens is 1. The number of sulfone groups is 1. The molecule has 0 fully saturated rings. The summed E-state index contributed by atoms with van der Waals surface area (Å²) in [4.78, 5) is 16.7. The molecule has 0 saturated heterocycles. The van der Waals surface area contributed by atoms with E-state index in [1.54, 1.807) is 30.5 Å². The number of pyridine rings is 1. The van der Waals surface area contributed by atoms with E-state index in [0.29, 0.717) is 17.8 Å². The largest absolute Gasteiger partial charge is 0.296 e. The summed E-state index contributed by atoms with van der Waals surface area (Å²) in [5.41, 5.74) is 1.75. The van der Waals surface area contributed by atoms with Crippen molar-refractivity contribution in [2.24, 2.45) is 0 Å². The molecule has 3 aromatic rings. The van der Waals surface area contributed by atoms with E-state index < -0.39 is 9.84 Å². The maximum atomic E-state index is 12.6. The third-order valence-electron chi connectivity index (χ3n) is 3.70. The molecule has 0 atom stereocenters. The molecule has 126 valence electrons. The van der Waals surface area contributed by atoms with E-state index in [-0.39, 0.29) is 10.5 Å². The van der Waals surface area contributed by atoms with Gasteiger partial charge in [0.1, 0.15) is 0 Å². The van der Waals surface area contributed by atoms with Gasteiger partial charge in [0.15, 0.2) is 15.7 Å². The number of hydrogen-bond acceptors (Lipinski definition) is 5. The predicted octanol–water partition coefficient (Wildman–Crippen LogP) is 1.70. The van der Waals surface area contributed by atoms with Crippen molar-refractivity contribution in [1.82, 2.24) is 14.8 Å². The Kier molecular flexibility index (Phi) is 4.25. The Bertz CT molecular complexity index is 1100. The summed E-state index contributed by atoms with van der Waals surface area (Å²) >= 11 is 0. The lowest BCUT2D eigenvalue weighted by Crippen LogP contribution is -2.17. The van der Waals surface area contributed by atoms with E-state index >= 15 is 0 Å². The van der Waals surface area contributed by atoms with Gasteiger partial charge >= 0.3 is 0 Å². The first-order chi connectivity index (χ1) is 11.9. The Morgan fingerprint density at radius 1 is 1.20 bits per heavy atom. The minimum atomic E-state index is -3.34. The summed E-state index contributed by atoms with van der Waals surface area (Å²) < 4.78 is 24.2. The van der Waals surface area contributed by atoms with Gasteiger partial charge in [-0.05, 0) is 23.3 Å². The Labute approximate surface area is 144 Å². The quantitative estimate of drug-likeness (QED) is 0.767. The van der Waals surface area contributed by atoms with Crippen molar-refractivity contribution in [3.8, 4) is 23.0 Å². The minimum absolute atomic E-state index is 0.0872. The molecule has 0 radical (unpaired) electrons. The second-order valence-corrected chi connectivity index (χ2v) is 7.50. The molecule has 0 unspecified atom stereocenters. The van der Waals surface area contributed by atoms with Crippen LogP contribution < -0.4 is 5.56 Å². The number of benzene rings is 1. The highest BCUT2D eigenvalue weighted by Gasteiger charge is 2.12. The summed E-state index contributed by atoms with van der Waals surface area (Å²) in [6.45, 7) is 0. The first kappa shape index (κ1) is 16.7. The van der Waals surface area contributed by atoms with Crippen molar-refractivity contribution in [1.29, 1.82) is 5.26 Å². The summed E-state index contributed by atoms with van der Waals surface area (Å²) in [5.74, 6) is 0.296. The molecule has 0 spiro atoms. The maximum absolute atomic E-state index is 12.6. The third-order valence-corrected chi connectivity index (χ3v) is 4.80. The molecule has 0 aliphatic rings. The van der Waals surface area contributed by atoms with Crippen LogP contribution >= 0.6 is 0 Å². The van der Waals surface area contributed by atoms with Gasteiger partial charge in [0.25, 0.3) is 5.56 Å². The number of aromatic amines is 1. The third kappa shape index (κ3) is 3.36. The fourth-order valence-electron chi connectivity index (χ4n) is 2.36. The van der Waals surface area contributed by atoms with Gasteiger partial charge in [0, 0.05) is 18.6 Å². The van der Waals surface area contributed by atoms with Crippen LogP contribution in [0.3, 0.4) is 0 Å². The van der Waals surface area contributed by atoms with Crippen molar-refractivity contribution in [3.05, 3.63) is 64.7 Å². The molecule has 0 saturated carbocycles. The lowest BCUT2D eigenvalue weighted by atomic mass is 10.1. The highest BCUT2D eigenvalue weighted by Crippen LogP contribution is 2.17. The number of nitriles is 1. The second kappa shape index (κ2) is 6.37. The van der Waals surface area contributed by atoms with Crippen molar-refractivity contribution in [2.45, 2.75) is 11.3 Å². The first-order valence-corrected chi connectivity index (χ1v) is 9.22. The smallest absolute Gasteiger partial charge is 0.280 e. The standard InChI is InChI=1S/C17H14N4O3S/c1-25(23,24)14-6-7-16(19-10-14)21-17(22)15(11-20-21)13-4-2-12(3-5-13)8-9-18/h2-7,10-11,20H,8H2,1H3. The fourth-order valence-corrected chi connectivity index (χ4v) is 2.92. The molecule has 7 nitrogen and oxygen atoms in total. The molecule has 0 aliphatic heterocycles. The van der Waals surface area contributed by atoms with Gasteiger partial charge in [-0.25, -0.2) is 18.1 Å². The zero-order chi connectivity index (χ0) is 18.0. The van der Waals surface area contributed by atoms with Gasteiger partial charge < -0.3 is 0 Å². The van der Waals surface area contributed by atoms with Crippen LogP contribution in [0.5, 0.6) is 0 Å². The summed E-state index contributed by atoms with van der Waals surface area (Å²) in [7, 11) is -3.34. The van der Waals surface area contributed by atoms with Crippen molar-refractivity contribution in [3.63, 3.8) is 0 Å². The first-order valence-electron chi connectivity index (χ1n) is 7.33. The predicted molar refractivity (Wildman–Crippen MR) is 92.0 cm³/mol. The van der Waals surface area contributed by atoms with Crippen molar-refractivity contribution < 1.29 is 8.42 Å². The van der Waals surface area contributed by atoms with E-state index in [9.17, 15) is 13.2 Å². The number of nitrogens with one attached hydrogen (secondary N) is 1. The van der Waals surface area contributed by atoms with Crippen LogP contribution in [0.15, 0.2) is 58.5 Å². The fraction of sp³-hybridized carbons (Fsp3) is 0.118. The highest BCUT2D eigenvalue weighted by atomic mass is 32.2. The Morgan fingerprint density at radius 3 is 2.48 bits per heavy atom. The van der Waals surface area contributed by atoms with Crippen LogP contribution in [-0.2, 0) is 16.3 Å². The highest BCUT2D eigenvalue weighted by molar-refractivity contribution is 7.90. The van der Waals surface area contributed by atoms with Crippen molar-refractivity contribution >= 4 is 9.84 Å². The zero-order valence-corrected chi connectivity index (χ0v) is 14.1. The van der Waals surface area contributed by atoms with Crippen LogP contribution in [-0.4, -0.2) is 29.4 Å². The number of nitrogens with zero attached hydrogens (tertiary/aromatic N) is 3. The van der Waals surface area contributed by atoms with Gasteiger partial charge in [0.2, 0.25) is 0 Å². The molecule has 0 amide bonds. The number of rotatable bonds is 4. The molecule has 2 heterocycles. The van der Waals surface area contributed by atoms with E-state index in [0.717, 1.165) is 17.4 Å². The van der Waals surface area contributed by atoms with Crippen LogP contribution in [0, 0.1) is 11.3 Å². The Morgan fingerprint density at radius 2 is 1.92 bits per heavy atom. The van der Waals surface area contributed by atoms with Crippen molar-refractivity contribution in [2.75, 3.05) is 6.26 Å². The molecule has 8 heteroatoms. The molecule has 1 aromatic carbocycles. The minimum Gasteiger partial charge on any atom is -0.296 e. The monoisotopic (exact) mass is 354 g/mol. The molecule has 25 heavy (non-hydrogen) atoms. The average Bonchev–Trinajstić information content (AvgIpc) is 2.97. The van der Waals surface area contributed by atoms with Gasteiger partial charge in [-0.15, -0.1) is 0 Å². The molecule has 2 aromatic heterocycles. The lowest BCUT2D eigenvalue weighted by Gasteiger charge is -2.02. The Balaban J connectivity index is 1.96. The van der Waals surface area contributed by atoms with Gasteiger partial charge in [-0.2, -0.15) is 5.26 Å². The van der Waals surface area contributed by atoms with Gasteiger partial charge in [0.05, 0.1) is 22.9 Å². The normalized spacial score (nSPS) is 11.2. The van der Waals surface area contributed by atoms with Crippen LogP contribution in [0.25, 0.3) is 16.9 Å². The van der Waals surface area contributed by atoms with E-state index in [2.05, 4.69) is 16.2 Å². The molecule has 1 N–H and O–H groups in total. The number of hydrogen-bond donors (Lipinski definition) is 1. The average molecular weight is 354 g/mol. The second-order valence-electron chi connectivity index (χ2n) is 5.48.